The van der Waals surface area contributed by atoms with Gasteiger partial charge in [-0.05, 0) is 17.7 Å². The van der Waals surface area contributed by atoms with Crippen molar-refractivity contribution in [2.75, 3.05) is 33.4 Å². The average Bonchev–Trinajstić information content (AvgIpc) is 2.46. The van der Waals surface area contributed by atoms with Crippen molar-refractivity contribution in [2.24, 2.45) is 5.10 Å². The molecule has 0 saturated carbocycles. The lowest BCUT2D eigenvalue weighted by Crippen LogP contribution is -2.32. The Bertz CT molecular complexity index is 422. The first-order chi connectivity index (χ1) is 8.79. The van der Waals surface area contributed by atoms with Gasteiger partial charge in [0.1, 0.15) is 0 Å². The summed E-state index contributed by atoms with van der Waals surface area (Å²) in [6, 6.07) is 7.14. The molecule has 0 N–H and O–H groups in total. The molecule has 0 aliphatic carbocycles. The number of benzene rings is 1. The third kappa shape index (κ3) is 3.30. The van der Waals surface area contributed by atoms with E-state index in [4.69, 9.17) is 4.74 Å². The van der Waals surface area contributed by atoms with E-state index >= 15 is 0 Å². The minimum absolute atomic E-state index is 0.327. The molecular formula is C13H16N2O3. The molecule has 18 heavy (non-hydrogen) atoms. The highest BCUT2D eigenvalue weighted by Gasteiger charge is 2.06. The molecule has 0 bridgehead atoms. The summed E-state index contributed by atoms with van der Waals surface area (Å²) in [7, 11) is 1.37. The highest BCUT2D eigenvalue weighted by atomic mass is 16.5. The maximum Gasteiger partial charge on any atom is 0.337 e. The van der Waals surface area contributed by atoms with Gasteiger partial charge in [0.2, 0.25) is 0 Å². The number of hydrogen-bond acceptors (Lipinski definition) is 5. The number of hydrogen-bond donors (Lipinski definition) is 0. The molecule has 1 saturated heterocycles. The van der Waals surface area contributed by atoms with Gasteiger partial charge in [0.15, 0.2) is 0 Å². The van der Waals surface area contributed by atoms with E-state index in [1.54, 1.807) is 18.3 Å². The topological polar surface area (TPSA) is 51.1 Å². The van der Waals surface area contributed by atoms with E-state index in [9.17, 15) is 4.79 Å². The molecule has 2 rings (SSSR count). The molecule has 1 aromatic rings. The first-order valence-corrected chi connectivity index (χ1v) is 5.84. The Kier molecular flexibility index (Phi) is 4.30. The number of esters is 1. The minimum atomic E-state index is -0.327. The fraction of sp³-hybridized carbons (Fsp3) is 0.385. The first-order valence-electron chi connectivity index (χ1n) is 5.84. The lowest BCUT2D eigenvalue weighted by molar-refractivity contribution is 0.0397. The van der Waals surface area contributed by atoms with Crippen molar-refractivity contribution in [2.45, 2.75) is 0 Å². The largest absolute Gasteiger partial charge is 0.465 e. The van der Waals surface area contributed by atoms with Gasteiger partial charge in [0, 0.05) is 0 Å². The van der Waals surface area contributed by atoms with E-state index in [2.05, 4.69) is 9.84 Å². The van der Waals surface area contributed by atoms with Gasteiger partial charge in [-0.25, -0.2) is 4.79 Å². The highest BCUT2D eigenvalue weighted by molar-refractivity contribution is 5.90. The SMILES string of the molecule is COC(=O)c1ccc(/C=N/N2CCOCC2)cc1. The molecule has 5 heteroatoms. The van der Waals surface area contributed by atoms with Crippen LogP contribution in [0.1, 0.15) is 15.9 Å². The molecule has 0 atom stereocenters. The standard InChI is InChI=1S/C13H16N2O3/c1-17-13(16)12-4-2-11(3-5-12)10-14-15-6-8-18-9-7-15/h2-5,10H,6-9H2,1H3/b14-10+. The van der Waals surface area contributed by atoms with Gasteiger partial charge in [-0.1, -0.05) is 12.1 Å². The fourth-order valence-electron chi connectivity index (χ4n) is 1.64. The average molecular weight is 248 g/mol. The van der Waals surface area contributed by atoms with Crippen LogP contribution in [0.5, 0.6) is 0 Å². The number of carbonyl (C=O) groups is 1. The molecule has 0 radical (unpaired) electrons. The molecule has 0 spiro atoms. The lowest BCUT2D eigenvalue weighted by atomic mass is 10.1. The second-order valence-electron chi connectivity index (χ2n) is 3.92. The molecule has 0 unspecified atom stereocenters. The maximum absolute atomic E-state index is 11.3. The molecule has 1 aliphatic rings. The van der Waals surface area contributed by atoms with Crippen LogP contribution in [0.3, 0.4) is 0 Å². The van der Waals surface area contributed by atoms with Gasteiger partial charge >= 0.3 is 5.97 Å². The van der Waals surface area contributed by atoms with Crippen molar-refractivity contribution >= 4 is 12.2 Å². The van der Waals surface area contributed by atoms with Crippen molar-refractivity contribution in [3.8, 4) is 0 Å². The van der Waals surface area contributed by atoms with E-state index in [0.717, 1.165) is 31.9 Å². The molecule has 1 aromatic carbocycles. The Morgan fingerprint density at radius 2 is 2.00 bits per heavy atom. The zero-order chi connectivity index (χ0) is 12.8. The summed E-state index contributed by atoms with van der Waals surface area (Å²) in [6.07, 6.45) is 1.78. The number of nitrogens with zero attached hydrogens (tertiary/aromatic N) is 2. The van der Waals surface area contributed by atoms with Crippen LogP contribution < -0.4 is 0 Å². The van der Waals surface area contributed by atoms with E-state index < -0.39 is 0 Å². The number of methoxy groups -OCH3 is 1. The van der Waals surface area contributed by atoms with Gasteiger partial charge in [-0.2, -0.15) is 5.10 Å². The summed E-state index contributed by atoms with van der Waals surface area (Å²) in [6.45, 7) is 3.07. The number of ether oxygens (including phenoxy) is 2. The molecule has 5 nitrogen and oxygen atoms in total. The Morgan fingerprint density at radius 3 is 2.61 bits per heavy atom. The third-order valence-electron chi connectivity index (χ3n) is 2.69. The molecule has 1 heterocycles. The molecule has 96 valence electrons. The normalized spacial score (nSPS) is 15.9. The summed E-state index contributed by atoms with van der Waals surface area (Å²) < 4.78 is 9.88. The summed E-state index contributed by atoms with van der Waals surface area (Å²) in [5.74, 6) is -0.327. The predicted molar refractivity (Wildman–Crippen MR) is 67.8 cm³/mol. The highest BCUT2D eigenvalue weighted by Crippen LogP contribution is 2.05. The summed E-state index contributed by atoms with van der Waals surface area (Å²) >= 11 is 0. The lowest BCUT2D eigenvalue weighted by Gasteiger charge is -2.23. The van der Waals surface area contributed by atoms with Crippen LogP contribution in [0.15, 0.2) is 29.4 Å². The minimum Gasteiger partial charge on any atom is -0.465 e. The monoisotopic (exact) mass is 248 g/mol. The Balaban J connectivity index is 1.97. The fourth-order valence-corrected chi connectivity index (χ4v) is 1.64. The second-order valence-corrected chi connectivity index (χ2v) is 3.92. The number of morpholine rings is 1. The van der Waals surface area contributed by atoms with Gasteiger partial charge in [0.05, 0.1) is 45.2 Å². The van der Waals surface area contributed by atoms with Crippen LogP contribution in [0, 0.1) is 0 Å². The Morgan fingerprint density at radius 1 is 1.33 bits per heavy atom. The maximum atomic E-state index is 11.3. The Labute approximate surface area is 106 Å². The van der Waals surface area contributed by atoms with Crippen LogP contribution in [-0.2, 0) is 9.47 Å². The van der Waals surface area contributed by atoms with Gasteiger partial charge in [0.25, 0.3) is 0 Å². The third-order valence-corrected chi connectivity index (χ3v) is 2.69. The summed E-state index contributed by atoms with van der Waals surface area (Å²) in [5.41, 5.74) is 1.50. The van der Waals surface area contributed by atoms with Crippen LogP contribution in [-0.4, -0.2) is 50.6 Å². The summed E-state index contributed by atoms with van der Waals surface area (Å²) in [4.78, 5) is 11.3. The number of carbonyl (C=O) groups excluding carboxylic acids is 1. The molecule has 0 amide bonds. The van der Waals surface area contributed by atoms with Crippen molar-refractivity contribution in [3.63, 3.8) is 0 Å². The predicted octanol–water partition coefficient (Wildman–Crippen LogP) is 1.14. The summed E-state index contributed by atoms with van der Waals surface area (Å²) in [5, 5.41) is 6.33. The van der Waals surface area contributed by atoms with E-state index in [-0.39, 0.29) is 5.97 Å². The number of rotatable bonds is 3. The molecule has 0 aromatic heterocycles. The van der Waals surface area contributed by atoms with Crippen molar-refractivity contribution in [3.05, 3.63) is 35.4 Å². The van der Waals surface area contributed by atoms with Gasteiger partial charge < -0.3 is 9.47 Å². The van der Waals surface area contributed by atoms with Crippen LogP contribution in [0.4, 0.5) is 0 Å². The van der Waals surface area contributed by atoms with E-state index in [1.165, 1.54) is 7.11 Å². The van der Waals surface area contributed by atoms with Crippen LogP contribution in [0.25, 0.3) is 0 Å². The second kappa shape index (κ2) is 6.16. The number of hydrazone groups is 1. The first kappa shape index (κ1) is 12.6. The zero-order valence-electron chi connectivity index (χ0n) is 10.3. The quantitative estimate of drug-likeness (QED) is 0.594. The van der Waals surface area contributed by atoms with Gasteiger partial charge in [-0.3, -0.25) is 5.01 Å². The van der Waals surface area contributed by atoms with E-state index in [0.29, 0.717) is 5.56 Å². The molecular weight excluding hydrogens is 232 g/mol. The molecule has 1 fully saturated rings. The van der Waals surface area contributed by atoms with Crippen LogP contribution >= 0.6 is 0 Å². The van der Waals surface area contributed by atoms with Crippen molar-refractivity contribution < 1.29 is 14.3 Å². The Hall–Kier alpha value is -1.88. The van der Waals surface area contributed by atoms with Crippen molar-refractivity contribution in [1.82, 2.24) is 5.01 Å². The van der Waals surface area contributed by atoms with Crippen molar-refractivity contribution in [1.29, 1.82) is 0 Å². The zero-order valence-corrected chi connectivity index (χ0v) is 10.3. The van der Waals surface area contributed by atoms with Crippen LogP contribution in [0.2, 0.25) is 0 Å². The molecule has 1 aliphatic heterocycles. The van der Waals surface area contributed by atoms with Gasteiger partial charge in [-0.15, -0.1) is 0 Å². The van der Waals surface area contributed by atoms with E-state index in [1.807, 2.05) is 17.1 Å². The smallest absolute Gasteiger partial charge is 0.337 e.